The van der Waals surface area contributed by atoms with E-state index >= 15 is 0 Å². The van der Waals surface area contributed by atoms with Crippen LogP contribution in [0.2, 0.25) is 0 Å². The molecule has 0 aliphatic carbocycles. The predicted molar refractivity (Wildman–Crippen MR) is 46.3 cm³/mol. The maximum atomic E-state index is 10.9. The van der Waals surface area contributed by atoms with Crippen LogP contribution < -0.4 is 5.32 Å². The van der Waals surface area contributed by atoms with Gasteiger partial charge < -0.3 is 5.32 Å². The van der Waals surface area contributed by atoms with E-state index in [1.54, 1.807) is 31.5 Å². The quantitative estimate of drug-likeness (QED) is 0.624. The lowest BCUT2D eigenvalue weighted by molar-refractivity contribution is -0.111. The van der Waals surface area contributed by atoms with Gasteiger partial charge in [0.05, 0.1) is 0 Å². The molecule has 0 saturated carbocycles. The summed E-state index contributed by atoms with van der Waals surface area (Å²) in [7, 11) is 0. The Morgan fingerprint density at radius 3 is 2.75 bits per heavy atom. The van der Waals surface area contributed by atoms with Crippen LogP contribution in [0.1, 0.15) is 6.92 Å². The van der Waals surface area contributed by atoms with E-state index in [1.165, 1.54) is 0 Å². The first-order valence-electron chi connectivity index (χ1n) is 3.46. The highest BCUT2D eigenvalue weighted by Gasteiger charge is 1.94. The second-order valence-electron chi connectivity index (χ2n) is 2.07. The maximum absolute atomic E-state index is 10.9. The number of amides is 1. The van der Waals surface area contributed by atoms with Gasteiger partial charge in [-0.3, -0.25) is 9.78 Å². The van der Waals surface area contributed by atoms with Crippen LogP contribution in [0.3, 0.4) is 0 Å². The molecule has 0 radical (unpaired) electrons. The molecule has 0 aliphatic rings. The van der Waals surface area contributed by atoms with Crippen molar-refractivity contribution in [3.8, 4) is 11.8 Å². The van der Waals surface area contributed by atoms with E-state index in [1.807, 2.05) is 0 Å². The number of hydrogen-bond donors (Lipinski definition) is 1. The van der Waals surface area contributed by atoms with E-state index < -0.39 is 0 Å². The molecule has 0 unspecified atom stereocenters. The summed E-state index contributed by atoms with van der Waals surface area (Å²) in [6.07, 6.45) is 3.21. The predicted octanol–water partition coefficient (Wildman–Crippen LogP) is 1.04. The molecule has 1 aromatic heterocycles. The number of nitrogens with one attached hydrogen (secondary N) is 1. The number of carbonyl (C=O) groups is 1. The highest BCUT2D eigenvalue weighted by Crippen LogP contribution is 2.01. The first kappa shape index (κ1) is 8.28. The Kier molecular flexibility index (Phi) is 2.86. The second kappa shape index (κ2) is 4.14. The van der Waals surface area contributed by atoms with Crippen LogP contribution >= 0.6 is 0 Å². The average Bonchev–Trinajstić information content (AvgIpc) is 2.06. The zero-order valence-corrected chi connectivity index (χ0v) is 6.66. The Labute approximate surface area is 70.8 Å². The van der Waals surface area contributed by atoms with E-state index in [0.717, 1.165) is 0 Å². The van der Waals surface area contributed by atoms with Gasteiger partial charge in [0.1, 0.15) is 0 Å². The lowest BCUT2D eigenvalue weighted by Crippen LogP contribution is -2.07. The van der Waals surface area contributed by atoms with Gasteiger partial charge in [-0.15, -0.1) is 0 Å². The molecule has 1 aromatic rings. The molecule has 1 amide bonds. The summed E-state index contributed by atoms with van der Waals surface area (Å²) in [6, 6.07) is 3.41. The molecular formula is C9H8N2O. The van der Waals surface area contributed by atoms with Gasteiger partial charge in [0.25, 0.3) is 5.91 Å². The summed E-state index contributed by atoms with van der Waals surface area (Å²) in [4.78, 5) is 14.7. The molecule has 3 heteroatoms. The average molecular weight is 160 g/mol. The number of carbonyl (C=O) groups excluding carboxylic acids is 1. The highest BCUT2D eigenvalue weighted by molar-refractivity contribution is 6.03. The van der Waals surface area contributed by atoms with E-state index in [-0.39, 0.29) is 5.91 Å². The van der Waals surface area contributed by atoms with Gasteiger partial charge in [-0.1, -0.05) is 5.92 Å². The smallest absolute Gasteiger partial charge is 0.300 e. The minimum Gasteiger partial charge on any atom is -0.315 e. The number of anilines is 1. The van der Waals surface area contributed by atoms with Crippen LogP contribution in [-0.2, 0) is 4.79 Å². The first-order chi connectivity index (χ1) is 5.83. The lowest BCUT2D eigenvalue weighted by atomic mass is 10.4. The molecule has 1 rings (SSSR count). The maximum Gasteiger partial charge on any atom is 0.300 e. The summed E-state index contributed by atoms with van der Waals surface area (Å²) < 4.78 is 0. The molecule has 0 bridgehead atoms. The molecular weight excluding hydrogens is 152 g/mol. The number of pyridine rings is 1. The van der Waals surface area contributed by atoms with Gasteiger partial charge in [-0.2, -0.15) is 0 Å². The van der Waals surface area contributed by atoms with Crippen molar-refractivity contribution in [3.63, 3.8) is 0 Å². The Morgan fingerprint density at radius 1 is 1.50 bits per heavy atom. The summed E-state index contributed by atoms with van der Waals surface area (Å²) in [6.45, 7) is 1.62. The van der Waals surface area contributed by atoms with Crippen LogP contribution in [-0.4, -0.2) is 10.9 Å². The van der Waals surface area contributed by atoms with Crippen LogP contribution in [0, 0.1) is 11.8 Å². The van der Waals surface area contributed by atoms with Crippen LogP contribution in [0.25, 0.3) is 0 Å². The molecule has 0 aromatic carbocycles. The molecule has 60 valence electrons. The van der Waals surface area contributed by atoms with Crippen molar-refractivity contribution in [2.75, 3.05) is 5.32 Å². The molecule has 1 N–H and O–H groups in total. The van der Waals surface area contributed by atoms with Gasteiger partial charge in [0.2, 0.25) is 0 Å². The monoisotopic (exact) mass is 160 g/mol. The minimum atomic E-state index is -0.302. The third-order valence-corrected chi connectivity index (χ3v) is 1.18. The van der Waals surface area contributed by atoms with E-state index in [4.69, 9.17) is 0 Å². The Balaban J connectivity index is 2.63. The fourth-order valence-corrected chi connectivity index (χ4v) is 0.711. The summed E-state index contributed by atoms with van der Waals surface area (Å²) >= 11 is 0. The zero-order valence-electron chi connectivity index (χ0n) is 6.66. The fourth-order valence-electron chi connectivity index (χ4n) is 0.711. The number of hydrogen-bond acceptors (Lipinski definition) is 2. The largest absolute Gasteiger partial charge is 0.315 e. The lowest BCUT2D eigenvalue weighted by Gasteiger charge is -1.97. The first-order valence-corrected chi connectivity index (χ1v) is 3.46. The van der Waals surface area contributed by atoms with Gasteiger partial charge in [0, 0.05) is 18.1 Å². The van der Waals surface area contributed by atoms with E-state index in [9.17, 15) is 4.79 Å². The summed E-state index contributed by atoms with van der Waals surface area (Å²) in [5.74, 6) is 4.58. The van der Waals surface area contributed by atoms with Crippen molar-refractivity contribution in [1.82, 2.24) is 4.98 Å². The number of rotatable bonds is 1. The number of nitrogens with zero attached hydrogens (tertiary/aromatic N) is 1. The van der Waals surface area contributed by atoms with Crippen molar-refractivity contribution in [1.29, 1.82) is 0 Å². The molecule has 0 aliphatic heterocycles. The van der Waals surface area contributed by atoms with Gasteiger partial charge in [-0.25, -0.2) is 0 Å². The highest BCUT2D eigenvalue weighted by atomic mass is 16.1. The van der Waals surface area contributed by atoms with Crippen molar-refractivity contribution in [3.05, 3.63) is 24.5 Å². The zero-order chi connectivity index (χ0) is 8.81. The van der Waals surface area contributed by atoms with Crippen molar-refractivity contribution >= 4 is 11.6 Å². The second-order valence-corrected chi connectivity index (χ2v) is 2.07. The molecule has 3 nitrogen and oxygen atoms in total. The molecule has 12 heavy (non-hydrogen) atoms. The minimum absolute atomic E-state index is 0.302. The Morgan fingerprint density at radius 2 is 2.17 bits per heavy atom. The van der Waals surface area contributed by atoms with Gasteiger partial charge in [-0.05, 0) is 25.0 Å². The fraction of sp³-hybridized carbons (Fsp3) is 0.111. The molecule has 0 spiro atoms. The third-order valence-electron chi connectivity index (χ3n) is 1.18. The Hall–Kier alpha value is -1.82. The number of aromatic nitrogens is 1. The SMILES string of the molecule is CC#CC(=O)Nc1ccncc1. The van der Waals surface area contributed by atoms with Crippen molar-refractivity contribution in [2.24, 2.45) is 0 Å². The molecule has 1 heterocycles. The van der Waals surface area contributed by atoms with Crippen LogP contribution in [0.4, 0.5) is 5.69 Å². The van der Waals surface area contributed by atoms with Gasteiger partial charge in [0.15, 0.2) is 0 Å². The van der Waals surface area contributed by atoms with Crippen LogP contribution in [0.5, 0.6) is 0 Å². The normalized spacial score (nSPS) is 8.08. The Bertz CT molecular complexity index is 321. The molecule has 0 fully saturated rings. The summed E-state index contributed by atoms with van der Waals surface area (Å²) in [5, 5.41) is 2.59. The molecule has 0 saturated heterocycles. The van der Waals surface area contributed by atoms with Crippen molar-refractivity contribution < 1.29 is 4.79 Å². The third kappa shape index (κ3) is 2.43. The topological polar surface area (TPSA) is 42.0 Å². The van der Waals surface area contributed by atoms with E-state index in [0.29, 0.717) is 5.69 Å². The molecule has 0 atom stereocenters. The van der Waals surface area contributed by atoms with Crippen LogP contribution in [0.15, 0.2) is 24.5 Å². The standard InChI is InChI=1S/C9H8N2O/c1-2-3-9(12)11-8-4-6-10-7-5-8/h4-7H,1H3,(H,10,11,12). The van der Waals surface area contributed by atoms with E-state index in [2.05, 4.69) is 22.1 Å². The van der Waals surface area contributed by atoms with Gasteiger partial charge >= 0.3 is 0 Å². The summed E-state index contributed by atoms with van der Waals surface area (Å²) in [5.41, 5.74) is 0.706. The van der Waals surface area contributed by atoms with Crippen molar-refractivity contribution in [2.45, 2.75) is 6.92 Å².